The van der Waals surface area contributed by atoms with Gasteiger partial charge >= 0.3 is 12.1 Å². The molecule has 1 aromatic carbocycles. The van der Waals surface area contributed by atoms with Gasteiger partial charge in [-0.25, -0.2) is 9.18 Å². The Morgan fingerprint density at radius 3 is 2.44 bits per heavy atom. The van der Waals surface area contributed by atoms with Crippen molar-refractivity contribution in [2.45, 2.75) is 45.6 Å². The van der Waals surface area contributed by atoms with E-state index in [9.17, 15) is 14.0 Å². The van der Waals surface area contributed by atoms with E-state index >= 15 is 0 Å². The van der Waals surface area contributed by atoms with Crippen LogP contribution in [0, 0.1) is 11.7 Å². The summed E-state index contributed by atoms with van der Waals surface area (Å²) in [5.74, 6) is -0.604. The van der Waals surface area contributed by atoms with E-state index in [1.165, 1.54) is 19.1 Å². The number of piperidine rings is 1. The summed E-state index contributed by atoms with van der Waals surface area (Å²) in [4.78, 5) is 25.2. The lowest BCUT2D eigenvalue weighted by Crippen LogP contribution is -2.46. The zero-order chi connectivity index (χ0) is 18.6. The molecule has 0 aliphatic carbocycles. The van der Waals surface area contributed by atoms with E-state index in [1.807, 2.05) is 20.8 Å². The summed E-state index contributed by atoms with van der Waals surface area (Å²) in [6, 6.07) is 6.37. The van der Waals surface area contributed by atoms with Gasteiger partial charge in [0.1, 0.15) is 11.4 Å². The SMILES string of the molecule is CC(=O)OC[C@H]1CN(C(=O)OC(C)(C)C)CC[C@@H]1c1ccc(F)cc1. The number of likely N-dealkylation sites (tertiary alicyclic amines) is 1. The molecule has 1 aromatic rings. The molecule has 0 spiro atoms. The highest BCUT2D eigenvalue weighted by atomic mass is 19.1. The predicted octanol–water partition coefficient (Wildman–Crippen LogP) is 3.73. The third kappa shape index (κ3) is 5.73. The van der Waals surface area contributed by atoms with Crippen molar-refractivity contribution in [3.8, 4) is 0 Å². The molecule has 5 nitrogen and oxygen atoms in total. The molecule has 0 unspecified atom stereocenters. The number of carbonyl (C=O) groups is 2. The lowest BCUT2D eigenvalue weighted by Gasteiger charge is -2.39. The fourth-order valence-corrected chi connectivity index (χ4v) is 3.07. The average Bonchev–Trinajstić information content (AvgIpc) is 2.52. The lowest BCUT2D eigenvalue weighted by atomic mass is 9.81. The quantitative estimate of drug-likeness (QED) is 0.779. The number of benzene rings is 1. The van der Waals surface area contributed by atoms with Crippen LogP contribution in [0.15, 0.2) is 24.3 Å². The van der Waals surface area contributed by atoms with Gasteiger partial charge in [0.2, 0.25) is 0 Å². The molecule has 0 N–H and O–H groups in total. The first kappa shape index (κ1) is 19.2. The van der Waals surface area contributed by atoms with Crippen LogP contribution in [0.5, 0.6) is 0 Å². The largest absolute Gasteiger partial charge is 0.465 e. The maximum atomic E-state index is 13.2. The van der Waals surface area contributed by atoms with Crippen molar-refractivity contribution >= 4 is 12.1 Å². The summed E-state index contributed by atoms with van der Waals surface area (Å²) in [6.45, 7) is 8.04. The van der Waals surface area contributed by atoms with Crippen molar-refractivity contribution in [3.63, 3.8) is 0 Å². The van der Waals surface area contributed by atoms with Crippen LogP contribution in [0.2, 0.25) is 0 Å². The van der Waals surface area contributed by atoms with Gasteiger partial charge in [-0.15, -0.1) is 0 Å². The van der Waals surface area contributed by atoms with E-state index in [2.05, 4.69) is 0 Å². The summed E-state index contributed by atoms with van der Waals surface area (Å²) in [5.41, 5.74) is 0.429. The number of rotatable bonds is 3. The molecule has 1 fully saturated rings. The van der Waals surface area contributed by atoms with Gasteiger partial charge in [0, 0.05) is 25.9 Å². The molecule has 1 aliphatic heterocycles. The first-order chi connectivity index (χ1) is 11.7. The standard InChI is InChI=1S/C19H26FNO4/c1-13(22)24-12-15-11-21(18(23)25-19(2,3)4)10-9-17(15)14-5-7-16(20)8-6-14/h5-8,15,17H,9-12H2,1-4H3/t15-,17-/m1/s1. The third-order valence-corrected chi connectivity index (χ3v) is 4.18. The summed E-state index contributed by atoms with van der Waals surface area (Å²) in [5, 5.41) is 0. The van der Waals surface area contributed by atoms with Crippen LogP contribution < -0.4 is 0 Å². The molecule has 1 aliphatic rings. The second kappa shape index (κ2) is 7.85. The van der Waals surface area contributed by atoms with Gasteiger partial charge in [-0.05, 0) is 50.8 Å². The minimum Gasteiger partial charge on any atom is -0.465 e. The zero-order valence-corrected chi connectivity index (χ0v) is 15.3. The Labute approximate surface area is 148 Å². The number of esters is 1. The molecule has 2 rings (SSSR count). The first-order valence-corrected chi connectivity index (χ1v) is 8.52. The van der Waals surface area contributed by atoms with Gasteiger partial charge in [-0.2, -0.15) is 0 Å². The van der Waals surface area contributed by atoms with Crippen LogP contribution in [-0.4, -0.2) is 42.3 Å². The van der Waals surface area contributed by atoms with Crippen LogP contribution in [0.25, 0.3) is 0 Å². The number of hydrogen-bond donors (Lipinski definition) is 0. The van der Waals surface area contributed by atoms with Crippen LogP contribution in [0.4, 0.5) is 9.18 Å². The molecule has 2 atom stereocenters. The minimum atomic E-state index is -0.559. The molecular formula is C19H26FNO4. The van der Waals surface area contributed by atoms with Gasteiger partial charge in [-0.3, -0.25) is 4.79 Å². The van der Waals surface area contributed by atoms with Gasteiger partial charge < -0.3 is 14.4 Å². The van der Waals surface area contributed by atoms with Crippen molar-refractivity contribution in [2.75, 3.05) is 19.7 Å². The first-order valence-electron chi connectivity index (χ1n) is 8.52. The molecule has 1 heterocycles. The van der Waals surface area contributed by atoms with Gasteiger partial charge in [0.05, 0.1) is 6.61 Å². The van der Waals surface area contributed by atoms with Crippen molar-refractivity contribution < 1.29 is 23.5 Å². The number of ether oxygens (including phenoxy) is 2. The minimum absolute atomic E-state index is 0.0596. The normalized spacial score (nSPS) is 20.9. The highest BCUT2D eigenvalue weighted by molar-refractivity contribution is 5.68. The maximum absolute atomic E-state index is 13.2. The lowest BCUT2D eigenvalue weighted by molar-refractivity contribution is -0.143. The Bertz CT molecular complexity index is 609. The monoisotopic (exact) mass is 351 g/mol. The molecular weight excluding hydrogens is 325 g/mol. The number of halogens is 1. The van der Waals surface area contributed by atoms with Crippen LogP contribution in [0.1, 0.15) is 45.6 Å². The summed E-state index contributed by atoms with van der Waals surface area (Å²) in [7, 11) is 0. The topological polar surface area (TPSA) is 55.8 Å². The maximum Gasteiger partial charge on any atom is 0.410 e. The van der Waals surface area contributed by atoms with Crippen molar-refractivity contribution in [2.24, 2.45) is 5.92 Å². The Hall–Kier alpha value is -2.11. The molecule has 6 heteroatoms. The van der Waals surface area contributed by atoms with Gasteiger partial charge in [-0.1, -0.05) is 12.1 Å². The molecule has 0 aromatic heterocycles. The molecule has 138 valence electrons. The highest BCUT2D eigenvalue weighted by Gasteiger charge is 2.34. The smallest absolute Gasteiger partial charge is 0.410 e. The van der Waals surface area contributed by atoms with E-state index in [4.69, 9.17) is 9.47 Å². The summed E-state index contributed by atoms with van der Waals surface area (Å²) < 4.78 is 23.8. The third-order valence-electron chi connectivity index (χ3n) is 4.18. The summed E-state index contributed by atoms with van der Waals surface area (Å²) >= 11 is 0. The number of nitrogens with zero attached hydrogens (tertiary/aromatic N) is 1. The second-order valence-electron chi connectivity index (χ2n) is 7.44. The van der Waals surface area contributed by atoms with Crippen molar-refractivity contribution in [3.05, 3.63) is 35.6 Å². The van der Waals surface area contributed by atoms with Crippen LogP contribution in [0.3, 0.4) is 0 Å². The molecule has 25 heavy (non-hydrogen) atoms. The Morgan fingerprint density at radius 1 is 1.24 bits per heavy atom. The molecule has 0 saturated carbocycles. The fraction of sp³-hybridized carbons (Fsp3) is 0.579. The molecule has 1 saturated heterocycles. The van der Waals surface area contributed by atoms with E-state index in [0.29, 0.717) is 19.5 Å². The summed E-state index contributed by atoms with van der Waals surface area (Å²) in [6.07, 6.45) is 0.342. The van der Waals surface area contributed by atoms with E-state index < -0.39 is 5.60 Å². The van der Waals surface area contributed by atoms with Crippen molar-refractivity contribution in [1.29, 1.82) is 0 Å². The number of amides is 1. The van der Waals surface area contributed by atoms with E-state index in [-0.39, 0.29) is 36.3 Å². The second-order valence-corrected chi connectivity index (χ2v) is 7.44. The highest BCUT2D eigenvalue weighted by Crippen LogP contribution is 2.34. The fourth-order valence-electron chi connectivity index (χ4n) is 3.07. The number of carbonyl (C=O) groups excluding carboxylic acids is 2. The Morgan fingerprint density at radius 2 is 1.88 bits per heavy atom. The predicted molar refractivity (Wildman–Crippen MR) is 91.7 cm³/mol. The van der Waals surface area contributed by atoms with E-state index in [0.717, 1.165) is 5.56 Å². The number of hydrogen-bond acceptors (Lipinski definition) is 4. The van der Waals surface area contributed by atoms with Crippen LogP contribution in [-0.2, 0) is 14.3 Å². The molecule has 0 radical (unpaired) electrons. The zero-order valence-electron chi connectivity index (χ0n) is 15.3. The average molecular weight is 351 g/mol. The van der Waals surface area contributed by atoms with Gasteiger partial charge in [0.25, 0.3) is 0 Å². The molecule has 0 bridgehead atoms. The Kier molecular flexibility index (Phi) is 6.03. The van der Waals surface area contributed by atoms with Gasteiger partial charge in [0.15, 0.2) is 0 Å². The molecule has 1 amide bonds. The van der Waals surface area contributed by atoms with E-state index in [1.54, 1.807) is 17.0 Å². The Balaban J connectivity index is 2.12. The van der Waals surface area contributed by atoms with Crippen molar-refractivity contribution in [1.82, 2.24) is 4.90 Å². The van der Waals surface area contributed by atoms with Crippen LogP contribution >= 0.6 is 0 Å².